The van der Waals surface area contributed by atoms with E-state index >= 15 is 0 Å². The Morgan fingerprint density at radius 1 is 0.875 bits per heavy atom. The summed E-state index contributed by atoms with van der Waals surface area (Å²) in [5.74, 6) is -1.12. The van der Waals surface area contributed by atoms with Crippen molar-refractivity contribution in [3.8, 4) is 0 Å². The molecule has 0 amide bonds. The van der Waals surface area contributed by atoms with Crippen molar-refractivity contribution >= 4 is 19.8 Å². The van der Waals surface area contributed by atoms with Crippen molar-refractivity contribution in [2.75, 3.05) is 26.4 Å². The van der Waals surface area contributed by atoms with Crippen LogP contribution in [-0.4, -0.2) is 65.7 Å². The number of phosphoric acid groups is 1. The standard InChI is InChI=1S/C21H41O10P/c1-3-4-5-6-7-8-9-10-11-12-13-21(25)28-16-20(31-18(2)23)17-30-32(26,27)29-15-19(24)14-22/h19-20,22,24H,3-17H2,1-2H3,(H,26,27)/t19-,20+/m0/s1. The van der Waals surface area contributed by atoms with Gasteiger partial charge in [0.2, 0.25) is 0 Å². The number of esters is 2. The monoisotopic (exact) mass is 484 g/mol. The molecule has 0 aliphatic heterocycles. The first-order valence-corrected chi connectivity index (χ1v) is 12.9. The average molecular weight is 485 g/mol. The highest BCUT2D eigenvalue weighted by Gasteiger charge is 2.26. The fourth-order valence-electron chi connectivity index (χ4n) is 2.81. The highest BCUT2D eigenvalue weighted by molar-refractivity contribution is 7.47. The minimum absolute atomic E-state index is 0.241. The Balaban J connectivity index is 4.05. The second-order valence-corrected chi connectivity index (χ2v) is 9.20. The Bertz CT molecular complexity index is 543. The fourth-order valence-corrected chi connectivity index (χ4v) is 3.60. The molecule has 0 aliphatic carbocycles. The van der Waals surface area contributed by atoms with Gasteiger partial charge in [-0.05, 0) is 6.42 Å². The molecule has 0 aromatic carbocycles. The van der Waals surface area contributed by atoms with Crippen LogP contribution >= 0.6 is 7.82 Å². The van der Waals surface area contributed by atoms with Gasteiger partial charge in [-0.1, -0.05) is 64.7 Å². The van der Waals surface area contributed by atoms with Crippen LogP contribution in [0.4, 0.5) is 0 Å². The van der Waals surface area contributed by atoms with Crippen molar-refractivity contribution in [1.82, 2.24) is 0 Å². The van der Waals surface area contributed by atoms with E-state index in [1.165, 1.54) is 38.5 Å². The van der Waals surface area contributed by atoms with Gasteiger partial charge in [0, 0.05) is 13.3 Å². The maximum Gasteiger partial charge on any atom is 0.472 e. The molecule has 0 heterocycles. The summed E-state index contributed by atoms with van der Waals surface area (Å²) in [7, 11) is -4.55. The summed E-state index contributed by atoms with van der Waals surface area (Å²) in [5.41, 5.74) is 0. The van der Waals surface area contributed by atoms with Crippen molar-refractivity contribution in [3.63, 3.8) is 0 Å². The van der Waals surface area contributed by atoms with Gasteiger partial charge in [0.15, 0.2) is 6.10 Å². The zero-order chi connectivity index (χ0) is 24.2. The van der Waals surface area contributed by atoms with Crippen LogP contribution in [0.15, 0.2) is 0 Å². The number of hydrogen-bond acceptors (Lipinski definition) is 9. The minimum atomic E-state index is -4.55. The van der Waals surface area contributed by atoms with E-state index in [1.807, 2.05) is 0 Å². The molecule has 0 aliphatic rings. The lowest BCUT2D eigenvalue weighted by atomic mass is 10.1. The van der Waals surface area contributed by atoms with Gasteiger partial charge in [0.1, 0.15) is 12.7 Å². The molecule has 0 aromatic heterocycles. The minimum Gasteiger partial charge on any atom is -0.462 e. The molecule has 10 nitrogen and oxygen atoms in total. The van der Waals surface area contributed by atoms with Gasteiger partial charge in [-0.2, -0.15) is 0 Å². The molecule has 0 saturated heterocycles. The summed E-state index contributed by atoms with van der Waals surface area (Å²) in [6.07, 6.45) is 9.30. The van der Waals surface area contributed by atoms with Crippen LogP contribution < -0.4 is 0 Å². The zero-order valence-corrected chi connectivity index (χ0v) is 20.3. The van der Waals surface area contributed by atoms with Crippen LogP contribution in [-0.2, 0) is 32.7 Å². The lowest BCUT2D eigenvalue weighted by molar-refractivity contribution is -0.159. The van der Waals surface area contributed by atoms with Crippen LogP contribution in [0, 0.1) is 0 Å². The van der Waals surface area contributed by atoms with Gasteiger partial charge in [-0.15, -0.1) is 0 Å². The molecule has 1 unspecified atom stereocenters. The maximum absolute atomic E-state index is 11.9. The van der Waals surface area contributed by atoms with E-state index in [9.17, 15) is 19.0 Å². The first-order chi connectivity index (χ1) is 15.2. The second-order valence-electron chi connectivity index (χ2n) is 7.74. The van der Waals surface area contributed by atoms with Crippen LogP contribution in [0.5, 0.6) is 0 Å². The molecular formula is C21H41O10P. The summed E-state index contributed by atoms with van der Waals surface area (Å²) in [4.78, 5) is 32.7. The van der Waals surface area contributed by atoms with Crippen molar-refractivity contribution in [2.45, 2.75) is 96.7 Å². The third kappa shape index (κ3) is 19.6. The smallest absolute Gasteiger partial charge is 0.462 e. The van der Waals surface area contributed by atoms with E-state index in [0.29, 0.717) is 6.42 Å². The van der Waals surface area contributed by atoms with Crippen molar-refractivity contribution < 1.29 is 47.8 Å². The molecular weight excluding hydrogens is 443 g/mol. The van der Waals surface area contributed by atoms with Crippen molar-refractivity contribution in [2.24, 2.45) is 0 Å². The molecule has 0 bridgehead atoms. The van der Waals surface area contributed by atoms with Crippen LogP contribution in [0.2, 0.25) is 0 Å². The van der Waals surface area contributed by atoms with E-state index in [4.69, 9.17) is 24.2 Å². The quantitative estimate of drug-likeness (QED) is 0.126. The number of unbranched alkanes of at least 4 members (excludes halogenated alkanes) is 9. The fraction of sp³-hybridized carbons (Fsp3) is 0.905. The Morgan fingerprint density at radius 2 is 1.41 bits per heavy atom. The summed E-state index contributed by atoms with van der Waals surface area (Å²) < 4.78 is 31.0. The van der Waals surface area contributed by atoms with Crippen LogP contribution in [0.3, 0.4) is 0 Å². The first kappa shape index (κ1) is 31.0. The van der Waals surface area contributed by atoms with Gasteiger partial charge < -0.3 is 24.6 Å². The molecule has 11 heteroatoms. The molecule has 32 heavy (non-hydrogen) atoms. The summed E-state index contributed by atoms with van der Waals surface area (Å²) in [6, 6.07) is 0. The molecule has 0 saturated carbocycles. The highest BCUT2D eigenvalue weighted by atomic mass is 31.2. The average Bonchev–Trinajstić information content (AvgIpc) is 2.75. The largest absolute Gasteiger partial charge is 0.472 e. The summed E-state index contributed by atoms with van der Waals surface area (Å²) >= 11 is 0. The number of carbonyl (C=O) groups is 2. The zero-order valence-electron chi connectivity index (χ0n) is 19.4. The Morgan fingerprint density at radius 3 is 1.94 bits per heavy atom. The van der Waals surface area contributed by atoms with Gasteiger partial charge in [0.05, 0.1) is 19.8 Å². The highest BCUT2D eigenvalue weighted by Crippen LogP contribution is 2.43. The molecule has 0 spiro atoms. The third-order valence-corrected chi connectivity index (χ3v) is 5.51. The predicted octanol–water partition coefficient (Wildman–Crippen LogP) is 3.26. The lowest BCUT2D eigenvalue weighted by Gasteiger charge is -2.19. The van der Waals surface area contributed by atoms with E-state index < -0.39 is 51.8 Å². The number of hydrogen-bond donors (Lipinski definition) is 3. The van der Waals surface area contributed by atoms with E-state index in [-0.39, 0.29) is 13.0 Å². The van der Waals surface area contributed by atoms with Gasteiger partial charge in [-0.3, -0.25) is 18.6 Å². The number of ether oxygens (including phenoxy) is 2. The SMILES string of the molecule is CCCCCCCCCCCCC(=O)OC[C@H](COP(=O)(O)OC[C@@H](O)CO)OC(C)=O. The van der Waals surface area contributed by atoms with Crippen LogP contribution in [0.25, 0.3) is 0 Å². The number of aliphatic hydroxyl groups excluding tert-OH is 2. The van der Waals surface area contributed by atoms with Gasteiger partial charge in [0.25, 0.3) is 0 Å². The topological polar surface area (TPSA) is 149 Å². The molecule has 190 valence electrons. The van der Waals surface area contributed by atoms with Crippen molar-refractivity contribution in [1.29, 1.82) is 0 Å². The van der Waals surface area contributed by atoms with E-state index in [0.717, 1.165) is 26.2 Å². The summed E-state index contributed by atoms with van der Waals surface area (Å²) in [6.45, 7) is 1.21. The molecule has 0 rings (SSSR count). The number of aliphatic hydroxyl groups is 2. The molecule has 0 fully saturated rings. The second kappa shape index (κ2) is 19.4. The summed E-state index contributed by atoms with van der Waals surface area (Å²) in [5, 5.41) is 17.8. The molecule has 3 atom stereocenters. The Hall–Kier alpha value is -1.03. The normalized spacial score (nSPS) is 15.0. The number of carbonyl (C=O) groups excluding carboxylic acids is 2. The van der Waals surface area contributed by atoms with Gasteiger partial charge >= 0.3 is 19.8 Å². The molecule has 0 radical (unpaired) electrons. The lowest BCUT2D eigenvalue weighted by Crippen LogP contribution is -2.29. The van der Waals surface area contributed by atoms with E-state index in [1.54, 1.807) is 0 Å². The third-order valence-electron chi connectivity index (χ3n) is 4.56. The van der Waals surface area contributed by atoms with Gasteiger partial charge in [-0.25, -0.2) is 4.57 Å². The predicted molar refractivity (Wildman–Crippen MR) is 118 cm³/mol. The Kier molecular flexibility index (Phi) is 18.8. The Labute approximate surface area is 191 Å². The number of phosphoric ester groups is 1. The van der Waals surface area contributed by atoms with E-state index in [2.05, 4.69) is 11.4 Å². The maximum atomic E-state index is 11.9. The first-order valence-electron chi connectivity index (χ1n) is 11.4. The molecule has 3 N–H and O–H groups in total. The molecule has 0 aromatic rings. The van der Waals surface area contributed by atoms with Crippen LogP contribution in [0.1, 0.15) is 84.5 Å². The van der Waals surface area contributed by atoms with Crippen molar-refractivity contribution in [3.05, 3.63) is 0 Å². The number of rotatable bonds is 21.